The number of rotatable bonds is 8. The van der Waals surface area contributed by atoms with Crippen molar-refractivity contribution in [1.29, 1.82) is 5.26 Å². The summed E-state index contributed by atoms with van der Waals surface area (Å²) < 4.78 is 14.4. The van der Waals surface area contributed by atoms with Crippen LogP contribution in [0, 0.1) is 16.7 Å². The number of nitrogens with zero attached hydrogens (tertiary/aromatic N) is 3. The van der Waals surface area contributed by atoms with Crippen LogP contribution in [0.15, 0.2) is 30.7 Å². The summed E-state index contributed by atoms with van der Waals surface area (Å²) in [6.07, 6.45) is 4.28. The molecule has 142 valence electrons. The van der Waals surface area contributed by atoms with E-state index in [2.05, 4.69) is 31.8 Å². The van der Waals surface area contributed by atoms with Gasteiger partial charge in [0.2, 0.25) is 19.5 Å². The van der Waals surface area contributed by atoms with Crippen LogP contribution in [-0.2, 0) is 21.2 Å². The monoisotopic (exact) mass is 417 g/mol. The van der Waals surface area contributed by atoms with Crippen LogP contribution >= 0.6 is 11.6 Å². The molecule has 0 fully saturated rings. The van der Waals surface area contributed by atoms with Crippen LogP contribution in [-0.4, -0.2) is 29.1 Å². The molecule has 0 saturated carbocycles. The van der Waals surface area contributed by atoms with Crippen molar-refractivity contribution in [2.24, 2.45) is 5.41 Å². The highest BCUT2D eigenvalue weighted by Gasteiger charge is 2.40. The Labute approximate surface area is 171 Å². The lowest BCUT2D eigenvalue weighted by atomic mass is 9.86. The predicted molar refractivity (Wildman–Crippen MR) is 109 cm³/mol. The maximum Gasteiger partial charge on any atom is 0.230 e. The van der Waals surface area contributed by atoms with E-state index in [-0.39, 0.29) is 24.9 Å². The number of benzene rings is 1. The first-order chi connectivity index (χ1) is 12.7. The number of aromatic nitrogens is 2. The Hall–Kier alpha value is -1.44. The second-order valence-electron chi connectivity index (χ2n) is 7.43. The SMILES string of the molecule is C[Si]OC(CC(C)(C)C)(O[Si]C)c1cncn1Cc1ccc(C#N)cc1Cl. The van der Waals surface area contributed by atoms with Crippen molar-refractivity contribution >= 4 is 31.1 Å². The summed E-state index contributed by atoms with van der Waals surface area (Å²) in [5, 5.41) is 9.59. The van der Waals surface area contributed by atoms with Crippen molar-refractivity contribution in [3.05, 3.63) is 52.6 Å². The maximum absolute atomic E-state index is 9.03. The molecule has 0 spiro atoms. The van der Waals surface area contributed by atoms with Gasteiger partial charge in [-0.15, -0.1) is 0 Å². The van der Waals surface area contributed by atoms with Crippen molar-refractivity contribution in [3.8, 4) is 6.07 Å². The average molecular weight is 418 g/mol. The minimum Gasteiger partial charge on any atom is -0.387 e. The van der Waals surface area contributed by atoms with Gasteiger partial charge in [0.25, 0.3) is 0 Å². The molecule has 2 aromatic rings. The van der Waals surface area contributed by atoms with Gasteiger partial charge < -0.3 is 13.4 Å². The van der Waals surface area contributed by atoms with Crippen molar-refractivity contribution in [1.82, 2.24) is 9.55 Å². The fourth-order valence-electron chi connectivity index (χ4n) is 3.01. The molecule has 1 aromatic heterocycles. The maximum atomic E-state index is 9.03. The van der Waals surface area contributed by atoms with Gasteiger partial charge in [0, 0.05) is 11.4 Å². The van der Waals surface area contributed by atoms with Crippen LogP contribution in [0.1, 0.15) is 44.0 Å². The second-order valence-corrected chi connectivity index (χ2v) is 9.06. The molecule has 0 unspecified atom stereocenters. The Kier molecular flexibility index (Phi) is 7.43. The van der Waals surface area contributed by atoms with E-state index < -0.39 is 5.79 Å². The van der Waals surface area contributed by atoms with Crippen LogP contribution < -0.4 is 0 Å². The zero-order valence-corrected chi connectivity index (χ0v) is 19.1. The molecule has 1 aromatic carbocycles. The third-order valence-corrected chi connectivity index (χ3v) is 5.34. The lowest BCUT2D eigenvalue weighted by Crippen LogP contribution is -2.40. The molecule has 4 radical (unpaired) electrons. The molecule has 1 heterocycles. The summed E-state index contributed by atoms with van der Waals surface area (Å²) in [4.78, 5) is 4.36. The Morgan fingerprint density at radius 1 is 1.22 bits per heavy atom. The fraction of sp³-hybridized carbons (Fsp3) is 0.474. The van der Waals surface area contributed by atoms with Crippen molar-refractivity contribution in [2.45, 2.75) is 52.6 Å². The van der Waals surface area contributed by atoms with E-state index in [0.29, 0.717) is 23.6 Å². The van der Waals surface area contributed by atoms with Crippen molar-refractivity contribution in [2.75, 3.05) is 0 Å². The molecular weight excluding hydrogens is 394 g/mol. The van der Waals surface area contributed by atoms with Gasteiger partial charge >= 0.3 is 0 Å². The van der Waals surface area contributed by atoms with Crippen LogP contribution in [0.2, 0.25) is 18.1 Å². The molecule has 0 N–H and O–H groups in total. The first-order valence-electron chi connectivity index (χ1n) is 8.63. The molecule has 0 aliphatic rings. The van der Waals surface area contributed by atoms with Crippen LogP contribution in [0.3, 0.4) is 0 Å². The number of nitriles is 1. The van der Waals surface area contributed by atoms with Gasteiger partial charge in [-0.2, -0.15) is 5.26 Å². The third-order valence-electron chi connectivity index (χ3n) is 3.92. The summed E-state index contributed by atoms with van der Waals surface area (Å²) in [5.41, 5.74) is 2.34. The number of imidazole rings is 1. The summed E-state index contributed by atoms with van der Waals surface area (Å²) in [6.45, 7) is 11.0. The standard InChI is InChI=1S/C19H24ClN3O2Si2/c1-18(2,3)12-19(24-26-4,25-27-5)17-10-22-13-23(17)11-15-7-6-14(9-21)8-16(15)20/h6-8,10,13H,11-12H2,1-5H3. The molecule has 2 rings (SSSR count). The van der Waals surface area contributed by atoms with Gasteiger partial charge in [-0.05, 0) is 36.2 Å². The minimum atomic E-state index is -0.853. The summed E-state index contributed by atoms with van der Waals surface area (Å²) in [6, 6.07) is 7.44. The average Bonchev–Trinajstić information content (AvgIpc) is 3.04. The molecule has 0 bridgehead atoms. The van der Waals surface area contributed by atoms with E-state index in [4.69, 9.17) is 25.7 Å². The Morgan fingerprint density at radius 3 is 2.41 bits per heavy atom. The Balaban J connectivity index is 2.45. The normalized spacial score (nSPS) is 12.2. The lowest BCUT2D eigenvalue weighted by molar-refractivity contribution is -0.150. The van der Waals surface area contributed by atoms with Crippen molar-refractivity contribution in [3.63, 3.8) is 0 Å². The minimum absolute atomic E-state index is 0.000485. The Bertz CT molecular complexity index is 806. The highest BCUT2D eigenvalue weighted by molar-refractivity contribution is 6.31. The van der Waals surface area contributed by atoms with Gasteiger partial charge in [0.1, 0.15) is 0 Å². The first kappa shape index (κ1) is 21.9. The fourth-order valence-corrected chi connectivity index (χ4v) is 4.43. The number of hydrogen-bond donors (Lipinski definition) is 0. The molecular formula is C19H24ClN3O2Si2. The molecule has 0 atom stereocenters. The summed E-state index contributed by atoms with van der Waals surface area (Å²) in [7, 11) is 0.558. The topological polar surface area (TPSA) is 60.1 Å². The lowest BCUT2D eigenvalue weighted by Gasteiger charge is -2.39. The van der Waals surface area contributed by atoms with Gasteiger partial charge in [0.05, 0.1) is 36.4 Å². The molecule has 0 amide bonds. The van der Waals surface area contributed by atoms with E-state index in [1.165, 1.54) is 0 Å². The molecule has 0 saturated heterocycles. The van der Waals surface area contributed by atoms with Gasteiger partial charge in [0.15, 0.2) is 5.79 Å². The largest absolute Gasteiger partial charge is 0.387 e. The van der Waals surface area contributed by atoms with E-state index in [0.717, 1.165) is 11.3 Å². The molecule has 27 heavy (non-hydrogen) atoms. The molecule has 8 heteroatoms. The smallest absolute Gasteiger partial charge is 0.230 e. The van der Waals surface area contributed by atoms with Crippen LogP contribution in [0.4, 0.5) is 0 Å². The third kappa shape index (κ3) is 5.53. The highest BCUT2D eigenvalue weighted by Crippen LogP contribution is 2.39. The first-order valence-corrected chi connectivity index (χ1v) is 11.8. The zero-order chi connectivity index (χ0) is 20.1. The van der Waals surface area contributed by atoms with Crippen LogP contribution in [0.5, 0.6) is 0 Å². The highest BCUT2D eigenvalue weighted by atomic mass is 35.5. The quantitative estimate of drug-likeness (QED) is 0.471. The van der Waals surface area contributed by atoms with Gasteiger partial charge in [-0.25, -0.2) is 4.98 Å². The molecule has 0 aliphatic heterocycles. The van der Waals surface area contributed by atoms with E-state index in [1.807, 2.05) is 29.9 Å². The van der Waals surface area contributed by atoms with E-state index >= 15 is 0 Å². The molecule has 0 aliphatic carbocycles. The Morgan fingerprint density at radius 2 is 1.89 bits per heavy atom. The van der Waals surface area contributed by atoms with E-state index in [1.54, 1.807) is 18.5 Å². The van der Waals surface area contributed by atoms with Gasteiger partial charge in [-0.3, -0.25) is 0 Å². The molecule has 5 nitrogen and oxygen atoms in total. The number of hydrogen-bond acceptors (Lipinski definition) is 4. The summed E-state index contributed by atoms with van der Waals surface area (Å²) >= 11 is 6.38. The zero-order valence-electron chi connectivity index (χ0n) is 16.3. The predicted octanol–water partition coefficient (Wildman–Crippen LogP) is 4.41. The van der Waals surface area contributed by atoms with Gasteiger partial charge in [-0.1, -0.05) is 38.4 Å². The summed E-state index contributed by atoms with van der Waals surface area (Å²) in [5.74, 6) is -0.853. The van der Waals surface area contributed by atoms with Crippen molar-refractivity contribution < 1.29 is 8.85 Å². The second kappa shape index (κ2) is 9.17. The number of halogens is 1. The van der Waals surface area contributed by atoms with E-state index in [9.17, 15) is 0 Å². The van der Waals surface area contributed by atoms with Crippen LogP contribution in [0.25, 0.3) is 0 Å².